The summed E-state index contributed by atoms with van der Waals surface area (Å²) in [5.74, 6) is 0.411. The first-order valence-corrected chi connectivity index (χ1v) is 9.33. The molecule has 0 aromatic heterocycles. The molecule has 1 N–H and O–H groups in total. The van der Waals surface area contributed by atoms with Crippen LogP contribution in [-0.4, -0.2) is 60.3 Å². The average Bonchev–Trinajstić information content (AvgIpc) is 2.73. The van der Waals surface area contributed by atoms with Crippen LogP contribution in [0, 0.1) is 5.92 Å². The van der Waals surface area contributed by atoms with Crippen molar-refractivity contribution >= 4 is 0 Å². The van der Waals surface area contributed by atoms with Gasteiger partial charge >= 0.3 is 0 Å². The highest BCUT2D eigenvalue weighted by Crippen LogP contribution is 2.36. The molecule has 1 aliphatic heterocycles. The standard InChI is InChI=1S/C20H32N2O/c1-21-12-14-22(15-13-21)17-19-10-6-3-7-11-20(19,23)16-18-8-4-2-5-9-18/h2,4-5,8-9,19,23H,3,6-7,10-17H2,1H3. The topological polar surface area (TPSA) is 26.7 Å². The highest BCUT2D eigenvalue weighted by atomic mass is 16.3. The van der Waals surface area contributed by atoms with E-state index in [0.717, 1.165) is 45.6 Å². The Morgan fingerprint density at radius 3 is 2.52 bits per heavy atom. The minimum atomic E-state index is -0.527. The summed E-state index contributed by atoms with van der Waals surface area (Å²) in [6.07, 6.45) is 6.66. The van der Waals surface area contributed by atoms with Crippen LogP contribution in [0.15, 0.2) is 30.3 Å². The molecule has 1 aromatic carbocycles. The zero-order valence-corrected chi connectivity index (χ0v) is 14.6. The molecule has 3 rings (SSSR count). The van der Waals surface area contributed by atoms with Gasteiger partial charge in [0.15, 0.2) is 0 Å². The van der Waals surface area contributed by atoms with Crippen molar-refractivity contribution < 1.29 is 5.11 Å². The van der Waals surface area contributed by atoms with Gasteiger partial charge in [-0.15, -0.1) is 0 Å². The minimum Gasteiger partial charge on any atom is -0.389 e. The zero-order chi connectivity index (χ0) is 16.1. The second-order valence-corrected chi connectivity index (χ2v) is 7.67. The number of hydrogen-bond acceptors (Lipinski definition) is 3. The van der Waals surface area contributed by atoms with Crippen LogP contribution in [0.1, 0.15) is 37.7 Å². The maximum Gasteiger partial charge on any atom is 0.0728 e. The van der Waals surface area contributed by atoms with E-state index in [1.807, 2.05) is 0 Å². The quantitative estimate of drug-likeness (QED) is 0.865. The molecule has 0 radical (unpaired) electrons. The molecule has 0 bridgehead atoms. The third-order valence-electron chi connectivity index (χ3n) is 5.85. The van der Waals surface area contributed by atoms with Crippen molar-refractivity contribution in [3.63, 3.8) is 0 Å². The molecule has 0 amide bonds. The van der Waals surface area contributed by atoms with E-state index in [9.17, 15) is 5.11 Å². The van der Waals surface area contributed by atoms with Gasteiger partial charge in [0.25, 0.3) is 0 Å². The van der Waals surface area contributed by atoms with E-state index in [2.05, 4.69) is 47.2 Å². The number of piperazine rings is 1. The molecular formula is C20H32N2O. The van der Waals surface area contributed by atoms with Gasteiger partial charge < -0.3 is 14.9 Å². The normalized spacial score (nSPS) is 31.0. The van der Waals surface area contributed by atoms with Gasteiger partial charge in [0.1, 0.15) is 0 Å². The molecule has 2 unspecified atom stereocenters. The van der Waals surface area contributed by atoms with Crippen molar-refractivity contribution in [2.75, 3.05) is 39.8 Å². The van der Waals surface area contributed by atoms with E-state index in [1.165, 1.54) is 31.2 Å². The van der Waals surface area contributed by atoms with E-state index in [0.29, 0.717) is 5.92 Å². The van der Waals surface area contributed by atoms with Gasteiger partial charge in [0, 0.05) is 45.1 Å². The second-order valence-electron chi connectivity index (χ2n) is 7.67. The summed E-state index contributed by atoms with van der Waals surface area (Å²) >= 11 is 0. The lowest BCUT2D eigenvalue weighted by atomic mass is 9.78. The van der Waals surface area contributed by atoms with Crippen molar-refractivity contribution in [1.82, 2.24) is 9.80 Å². The molecular weight excluding hydrogens is 284 g/mol. The van der Waals surface area contributed by atoms with Crippen molar-refractivity contribution in [3.8, 4) is 0 Å². The summed E-state index contributed by atoms with van der Waals surface area (Å²) in [5, 5.41) is 11.5. The summed E-state index contributed by atoms with van der Waals surface area (Å²) < 4.78 is 0. The number of rotatable bonds is 4. The average molecular weight is 316 g/mol. The van der Waals surface area contributed by atoms with E-state index in [4.69, 9.17) is 0 Å². The Morgan fingerprint density at radius 1 is 1.04 bits per heavy atom. The fourth-order valence-electron chi connectivity index (χ4n) is 4.26. The Balaban J connectivity index is 1.69. The molecule has 1 aliphatic carbocycles. The molecule has 1 aromatic rings. The van der Waals surface area contributed by atoms with Crippen LogP contribution in [-0.2, 0) is 6.42 Å². The van der Waals surface area contributed by atoms with Crippen LogP contribution in [0.4, 0.5) is 0 Å². The molecule has 3 heteroatoms. The lowest BCUT2D eigenvalue weighted by Crippen LogP contribution is -2.50. The van der Waals surface area contributed by atoms with Gasteiger partial charge in [-0.3, -0.25) is 0 Å². The van der Waals surface area contributed by atoms with Crippen LogP contribution >= 0.6 is 0 Å². The molecule has 2 aliphatic rings. The minimum absolute atomic E-state index is 0.411. The lowest BCUT2D eigenvalue weighted by Gasteiger charge is -2.40. The molecule has 23 heavy (non-hydrogen) atoms. The first-order valence-electron chi connectivity index (χ1n) is 9.33. The molecule has 2 atom stereocenters. The van der Waals surface area contributed by atoms with Gasteiger partial charge in [-0.1, -0.05) is 49.6 Å². The van der Waals surface area contributed by atoms with Gasteiger partial charge in [-0.05, 0) is 25.5 Å². The number of nitrogens with zero attached hydrogens (tertiary/aromatic N) is 2. The first kappa shape index (κ1) is 16.9. The monoisotopic (exact) mass is 316 g/mol. The Morgan fingerprint density at radius 2 is 1.78 bits per heavy atom. The Kier molecular flexibility index (Phi) is 5.73. The fourth-order valence-corrected chi connectivity index (χ4v) is 4.26. The molecule has 0 spiro atoms. The number of hydrogen-bond donors (Lipinski definition) is 1. The molecule has 3 nitrogen and oxygen atoms in total. The maximum atomic E-state index is 11.5. The Hall–Kier alpha value is -0.900. The SMILES string of the molecule is CN1CCN(CC2CCCCCC2(O)Cc2ccccc2)CC1. The third kappa shape index (κ3) is 4.56. The van der Waals surface area contributed by atoms with Crippen LogP contribution in [0.2, 0.25) is 0 Å². The molecule has 2 fully saturated rings. The summed E-state index contributed by atoms with van der Waals surface area (Å²) in [5.41, 5.74) is 0.751. The highest BCUT2D eigenvalue weighted by molar-refractivity contribution is 5.18. The van der Waals surface area contributed by atoms with Gasteiger partial charge in [-0.2, -0.15) is 0 Å². The van der Waals surface area contributed by atoms with E-state index >= 15 is 0 Å². The Labute approximate surface area is 141 Å². The van der Waals surface area contributed by atoms with Crippen LogP contribution in [0.3, 0.4) is 0 Å². The van der Waals surface area contributed by atoms with Gasteiger partial charge in [-0.25, -0.2) is 0 Å². The van der Waals surface area contributed by atoms with Crippen molar-refractivity contribution in [2.24, 2.45) is 5.92 Å². The fraction of sp³-hybridized carbons (Fsp3) is 0.700. The largest absolute Gasteiger partial charge is 0.389 e. The maximum absolute atomic E-state index is 11.5. The van der Waals surface area contributed by atoms with Crippen molar-refractivity contribution in [3.05, 3.63) is 35.9 Å². The van der Waals surface area contributed by atoms with Crippen LogP contribution in [0.25, 0.3) is 0 Å². The molecule has 1 saturated heterocycles. The summed E-state index contributed by atoms with van der Waals surface area (Å²) in [6, 6.07) is 10.6. The van der Waals surface area contributed by atoms with Crippen LogP contribution < -0.4 is 0 Å². The second kappa shape index (κ2) is 7.78. The highest BCUT2D eigenvalue weighted by Gasteiger charge is 2.38. The zero-order valence-electron chi connectivity index (χ0n) is 14.6. The summed E-state index contributed by atoms with van der Waals surface area (Å²) in [4.78, 5) is 4.98. The van der Waals surface area contributed by atoms with Crippen LogP contribution in [0.5, 0.6) is 0 Å². The number of benzene rings is 1. The smallest absolute Gasteiger partial charge is 0.0728 e. The lowest BCUT2D eigenvalue weighted by molar-refractivity contribution is -0.0405. The predicted octanol–water partition coefficient (Wildman–Crippen LogP) is 2.79. The third-order valence-corrected chi connectivity index (χ3v) is 5.85. The number of likely N-dealkylation sites (N-methyl/N-ethyl adjacent to an activating group) is 1. The summed E-state index contributed by atoms with van der Waals surface area (Å²) in [7, 11) is 2.20. The van der Waals surface area contributed by atoms with Gasteiger partial charge in [0.05, 0.1) is 5.60 Å². The molecule has 1 saturated carbocycles. The number of aliphatic hydroxyl groups is 1. The van der Waals surface area contributed by atoms with E-state index in [-0.39, 0.29) is 0 Å². The molecule has 1 heterocycles. The first-order chi connectivity index (χ1) is 11.2. The van der Waals surface area contributed by atoms with Crippen molar-refractivity contribution in [2.45, 2.75) is 44.1 Å². The van der Waals surface area contributed by atoms with E-state index < -0.39 is 5.60 Å². The summed E-state index contributed by atoms with van der Waals surface area (Å²) in [6.45, 7) is 5.67. The van der Waals surface area contributed by atoms with Crippen molar-refractivity contribution in [1.29, 1.82) is 0 Å². The molecule has 128 valence electrons. The van der Waals surface area contributed by atoms with E-state index in [1.54, 1.807) is 0 Å². The predicted molar refractivity (Wildman–Crippen MR) is 95.6 cm³/mol. The van der Waals surface area contributed by atoms with Gasteiger partial charge in [0.2, 0.25) is 0 Å². The Bertz CT molecular complexity index is 470.